The highest BCUT2D eigenvalue weighted by atomic mass is 19.1. The number of halogens is 1. The second-order valence-electron chi connectivity index (χ2n) is 6.79. The Morgan fingerprint density at radius 1 is 1.14 bits per heavy atom. The maximum Gasteiger partial charge on any atom is 0.315 e. The van der Waals surface area contributed by atoms with Crippen molar-refractivity contribution in [3.63, 3.8) is 0 Å². The first-order valence-electron chi connectivity index (χ1n) is 9.27. The third kappa shape index (κ3) is 3.69. The maximum absolute atomic E-state index is 13.4. The predicted octanol–water partition coefficient (Wildman–Crippen LogP) is 2.74. The standard InChI is InChI=1S/C21H21FN4O2/c22-16-5-6-18-17(11-16)15(12-24-18)7-9-23-21(28)25-13-20(27)26-10-8-14-3-1-2-4-19(14)26/h1-6,11-12,24H,7-10,13H2,(H2,23,25,28). The molecule has 0 saturated heterocycles. The second-order valence-corrected chi connectivity index (χ2v) is 6.79. The SMILES string of the molecule is O=C(NCCc1c[nH]c2ccc(F)cc12)NCC(=O)N1CCc2ccccc21. The zero-order valence-corrected chi connectivity index (χ0v) is 15.3. The van der Waals surface area contributed by atoms with Crippen molar-refractivity contribution in [3.8, 4) is 0 Å². The first-order chi connectivity index (χ1) is 13.6. The van der Waals surface area contributed by atoms with Crippen molar-refractivity contribution in [1.29, 1.82) is 0 Å². The van der Waals surface area contributed by atoms with E-state index in [1.54, 1.807) is 11.0 Å². The van der Waals surface area contributed by atoms with Gasteiger partial charge in [-0.15, -0.1) is 0 Å². The first kappa shape index (κ1) is 18.0. The summed E-state index contributed by atoms with van der Waals surface area (Å²) < 4.78 is 13.4. The van der Waals surface area contributed by atoms with E-state index in [-0.39, 0.29) is 18.3 Å². The van der Waals surface area contributed by atoms with Crippen LogP contribution >= 0.6 is 0 Å². The molecule has 1 aliphatic heterocycles. The number of para-hydroxylation sites is 1. The van der Waals surface area contributed by atoms with Crippen LogP contribution in [0.25, 0.3) is 10.9 Å². The Bertz CT molecular complexity index is 1030. The lowest BCUT2D eigenvalue weighted by atomic mass is 10.1. The van der Waals surface area contributed by atoms with Crippen LogP contribution in [0.1, 0.15) is 11.1 Å². The van der Waals surface area contributed by atoms with Gasteiger partial charge in [-0.3, -0.25) is 4.79 Å². The van der Waals surface area contributed by atoms with Gasteiger partial charge < -0.3 is 20.5 Å². The van der Waals surface area contributed by atoms with Crippen molar-refractivity contribution in [2.45, 2.75) is 12.8 Å². The summed E-state index contributed by atoms with van der Waals surface area (Å²) in [5.41, 5.74) is 3.86. The van der Waals surface area contributed by atoms with Crippen LogP contribution in [-0.2, 0) is 17.6 Å². The smallest absolute Gasteiger partial charge is 0.315 e. The quantitative estimate of drug-likeness (QED) is 0.637. The molecule has 3 aromatic rings. The molecule has 3 amide bonds. The molecule has 2 heterocycles. The summed E-state index contributed by atoms with van der Waals surface area (Å²) in [5, 5.41) is 6.15. The molecule has 0 aliphatic carbocycles. The molecular weight excluding hydrogens is 359 g/mol. The van der Waals surface area contributed by atoms with Crippen molar-refractivity contribution in [2.75, 3.05) is 24.5 Å². The number of anilines is 1. The Morgan fingerprint density at radius 2 is 2.00 bits per heavy atom. The summed E-state index contributed by atoms with van der Waals surface area (Å²) in [6.45, 7) is 0.965. The Morgan fingerprint density at radius 3 is 2.89 bits per heavy atom. The molecule has 0 bridgehead atoms. The van der Waals surface area contributed by atoms with Gasteiger partial charge in [0, 0.05) is 35.9 Å². The van der Waals surface area contributed by atoms with Crippen LogP contribution in [-0.4, -0.2) is 36.6 Å². The molecule has 7 heteroatoms. The fraction of sp³-hybridized carbons (Fsp3) is 0.238. The van der Waals surface area contributed by atoms with Gasteiger partial charge in [0.2, 0.25) is 5.91 Å². The molecule has 0 fully saturated rings. The zero-order valence-electron chi connectivity index (χ0n) is 15.3. The molecule has 0 saturated carbocycles. The van der Waals surface area contributed by atoms with Gasteiger partial charge >= 0.3 is 6.03 Å². The van der Waals surface area contributed by atoms with Crippen LogP contribution in [0.2, 0.25) is 0 Å². The van der Waals surface area contributed by atoms with Crippen molar-refractivity contribution in [3.05, 3.63) is 65.6 Å². The van der Waals surface area contributed by atoms with Gasteiger partial charge in [-0.1, -0.05) is 18.2 Å². The summed E-state index contributed by atoms with van der Waals surface area (Å²) in [6.07, 6.45) is 3.21. The van der Waals surface area contributed by atoms with Crippen LogP contribution < -0.4 is 15.5 Å². The van der Waals surface area contributed by atoms with Crippen LogP contribution in [0.4, 0.5) is 14.9 Å². The minimum Gasteiger partial charge on any atom is -0.361 e. The van der Waals surface area contributed by atoms with E-state index < -0.39 is 6.03 Å². The highest BCUT2D eigenvalue weighted by Crippen LogP contribution is 2.27. The number of rotatable bonds is 5. The van der Waals surface area contributed by atoms with Gasteiger partial charge in [0.1, 0.15) is 5.82 Å². The molecule has 1 aromatic heterocycles. The van der Waals surface area contributed by atoms with E-state index in [1.807, 2.05) is 30.5 Å². The number of nitrogens with zero attached hydrogens (tertiary/aromatic N) is 1. The Hall–Kier alpha value is -3.35. The van der Waals surface area contributed by atoms with E-state index in [0.29, 0.717) is 19.5 Å². The topological polar surface area (TPSA) is 77.2 Å². The Balaban J connectivity index is 1.25. The number of aromatic amines is 1. The number of nitrogens with one attached hydrogen (secondary N) is 3. The maximum atomic E-state index is 13.4. The normalized spacial score (nSPS) is 12.8. The largest absolute Gasteiger partial charge is 0.361 e. The molecule has 2 aromatic carbocycles. The zero-order chi connectivity index (χ0) is 19.5. The molecule has 28 heavy (non-hydrogen) atoms. The molecule has 144 valence electrons. The van der Waals surface area contributed by atoms with E-state index in [9.17, 15) is 14.0 Å². The number of aromatic nitrogens is 1. The van der Waals surface area contributed by atoms with Gasteiger partial charge in [0.25, 0.3) is 0 Å². The van der Waals surface area contributed by atoms with Crippen molar-refractivity contribution in [2.24, 2.45) is 0 Å². The van der Waals surface area contributed by atoms with Crippen LogP contribution in [0.15, 0.2) is 48.7 Å². The lowest BCUT2D eigenvalue weighted by Gasteiger charge is -2.17. The Labute approximate surface area is 161 Å². The molecule has 4 rings (SSSR count). The van der Waals surface area contributed by atoms with Gasteiger partial charge in [0.05, 0.1) is 6.54 Å². The van der Waals surface area contributed by atoms with Crippen molar-refractivity contribution >= 4 is 28.5 Å². The molecule has 6 nitrogen and oxygen atoms in total. The number of urea groups is 1. The number of fused-ring (bicyclic) bond motifs is 2. The van der Waals surface area contributed by atoms with E-state index in [0.717, 1.165) is 34.1 Å². The number of hydrogen-bond acceptors (Lipinski definition) is 2. The van der Waals surface area contributed by atoms with E-state index in [1.165, 1.54) is 12.1 Å². The van der Waals surface area contributed by atoms with Gasteiger partial charge in [0.15, 0.2) is 0 Å². The number of hydrogen-bond donors (Lipinski definition) is 3. The third-order valence-corrected chi connectivity index (χ3v) is 5.00. The fourth-order valence-corrected chi connectivity index (χ4v) is 3.58. The average Bonchev–Trinajstić information content (AvgIpc) is 3.30. The number of carbonyl (C=O) groups is 2. The molecule has 0 spiro atoms. The van der Waals surface area contributed by atoms with Gasteiger partial charge in [-0.05, 0) is 48.2 Å². The van der Waals surface area contributed by atoms with Crippen LogP contribution in [0.3, 0.4) is 0 Å². The molecule has 3 N–H and O–H groups in total. The first-order valence-corrected chi connectivity index (χ1v) is 9.27. The summed E-state index contributed by atoms with van der Waals surface area (Å²) in [5.74, 6) is -0.423. The number of carbonyl (C=O) groups excluding carboxylic acids is 2. The van der Waals surface area contributed by atoms with E-state index in [4.69, 9.17) is 0 Å². The predicted molar refractivity (Wildman–Crippen MR) is 106 cm³/mol. The monoisotopic (exact) mass is 380 g/mol. The second kappa shape index (κ2) is 7.72. The minimum absolute atomic E-state index is 0.0571. The van der Waals surface area contributed by atoms with Crippen molar-refractivity contribution in [1.82, 2.24) is 15.6 Å². The molecule has 0 radical (unpaired) electrons. The molecule has 0 atom stereocenters. The molecular formula is C21H21FN4O2. The van der Waals surface area contributed by atoms with Gasteiger partial charge in [-0.25, -0.2) is 9.18 Å². The highest BCUT2D eigenvalue weighted by molar-refractivity contribution is 5.98. The molecule has 0 unspecified atom stereocenters. The summed E-state index contributed by atoms with van der Waals surface area (Å²) in [6, 6.07) is 12.0. The Kier molecular flexibility index (Phi) is 4.97. The molecule has 1 aliphatic rings. The van der Waals surface area contributed by atoms with Crippen molar-refractivity contribution < 1.29 is 14.0 Å². The van der Waals surface area contributed by atoms with Crippen LogP contribution in [0, 0.1) is 5.82 Å². The number of H-pyrrole nitrogens is 1. The third-order valence-electron chi connectivity index (χ3n) is 5.00. The number of benzene rings is 2. The lowest BCUT2D eigenvalue weighted by Crippen LogP contribution is -2.43. The minimum atomic E-state index is -0.396. The lowest BCUT2D eigenvalue weighted by molar-refractivity contribution is -0.117. The van der Waals surface area contributed by atoms with E-state index >= 15 is 0 Å². The summed E-state index contributed by atoms with van der Waals surface area (Å²) in [4.78, 5) is 29.2. The van der Waals surface area contributed by atoms with Gasteiger partial charge in [-0.2, -0.15) is 0 Å². The highest BCUT2D eigenvalue weighted by Gasteiger charge is 2.24. The summed E-state index contributed by atoms with van der Waals surface area (Å²) >= 11 is 0. The fourth-order valence-electron chi connectivity index (χ4n) is 3.58. The van der Waals surface area contributed by atoms with E-state index in [2.05, 4.69) is 15.6 Å². The summed E-state index contributed by atoms with van der Waals surface area (Å²) in [7, 11) is 0. The number of amides is 3. The van der Waals surface area contributed by atoms with Crippen LogP contribution in [0.5, 0.6) is 0 Å². The average molecular weight is 380 g/mol.